The Morgan fingerprint density at radius 2 is 1.96 bits per heavy atom. The van der Waals surface area contributed by atoms with Gasteiger partial charge in [0.15, 0.2) is 0 Å². The van der Waals surface area contributed by atoms with Gasteiger partial charge in [-0.1, -0.05) is 30.3 Å². The molecule has 1 saturated heterocycles. The number of hydrogen-bond donors (Lipinski definition) is 1. The number of nitrogens with one attached hydrogen (secondary N) is 1. The van der Waals surface area contributed by atoms with Crippen molar-refractivity contribution in [1.82, 2.24) is 15.1 Å². The molecule has 0 aliphatic carbocycles. The van der Waals surface area contributed by atoms with Gasteiger partial charge >= 0.3 is 0 Å². The molecule has 1 aliphatic heterocycles. The van der Waals surface area contributed by atoms with Gasteiger partial charge in [-0.05, 0) is 25.3 Å². The molecule has 126 valence electrons. The molecule has 1 fully saturated rings. The van der Waals surface area contributed by atoms with Crippen LogP contribution in [0, 0.1) is 0 Å². The normalized spacial score (nSPS) is 15.3. The van der Waals surface area contributed by atoms with Crippen molar-refractivity contribution in [1.29, 1.82) is 0 Å². The van der Waals surface area contributed by atoms with Crippen LogP contribution in [0.3, 0.4) is 0 Å². The summed E-state index contributed by atoms with van der Waals surface area (Å²) >= 11 is 0. The highest BCUT2D eigenvalue weighted by Crippen LogP contribution is 2.16. The van der Waals surface area contributed by atoms with Gasteiger partial charge in [0.2, 0.25) is 5.91 Å². The van der Waals surface area contributed by atoms with E-state index in [1.54, 1.807) is 12.3 Å². The van der Waals surface area contributed by atoms with Crippen LogP contribution in [0.2, 0.25) is 0 Å². The predicted octanol–water partition coefficient (Wildman–Crippen LogP) is 1.72. The van der Waals surface area contributed by atoms with Crippen molar-refractivity contribution in [3.05, 3.63) is 58.5 Å². The maximum Gasteiger partial charge on any atom is 0.269 e. The summed E-state index contributed by atoms with van der Waals surface area (Å²) in [6.45, 7) is 3.76. The van der Waals surface area contributed by atoms with Gasteiger partial charge < -0.3 is 10.2 Å². The third-order valence-electron chi connectivity index (χ3n) is 4.30. The number of anilines is 1. The van der Waals surface area contributed by atoms with Crippen molar-refractivity contribution >= 4 is 11.6 Å². The van der Waals surface area contributed by atoms with Crippen molar-refractivity contribution < 1.29 is 4.79 Å². The number of aromatic nitrogens is 2. The van der Waals surface area contributed by atoms with Crippen molar-refractivity contribution in [2.24, 2.45) is 0 Å². The number of carbonyl (C=O) groups excluding carboxylic acids is 1. The number of amides is 1. The monoisotopic (exact) mass is 326 g/mol. The molecule has 1 unspecified atom stereocenters. The zero-order valence-electron chi connectivity index (χ0n) is 13.8. The Morgan fingerprint density at radius 3 is 2.62 bits per heavy atom. The Kier molecular flexibility index (Phi) is 4.93. The summed E-state index contributed by atoms with van der Waals surface area (Å²) in [5, 5.41) is 7.04. The van der Waals surface area contributed by atoms with Crippen molar-refractivity contribution in [3.8, 4) is 0 Å². The number of rotatable bonds is 5. The molecule has 24 heavy (non-hydrogen) atoms. The molecule has 6 heteroatoms. The largest absolute Gasteiger partial charge is 0.370 e. The zero-order chi connectivity index (χ0) is 16.9. The van der Waals surface area contributed by atoms with Gasteiger partial charge in [-0.3, -0.25) is 9.59 Å². The maximum atomic E-state index is 12.2. The van der Waals surface area contributed by atoms with Crippen molar-refractivity contribution in [2.75, 3.05) is 18.0 Å². The lowest BCUT2D eigenvalue weighted by Gasteiger charge is -2.17. The SMILES string of the molecule is CC(NC(=O)Cn1ncc(N2CCCC2)cc1=O)c1ccccc1. The Hall–Kier alpha value is -2.63. The highest BCUT2D eigenvalue weighted by Gasteiger charge is 2.15. The van der Waals surface area contributed by atoms with Gasteiger partial charge in [0.05, 0.1) is 17.9 Å². The van der Waals surface area contributed by atoms with E-state index in [9.17, 15) is 9.59 Å². The number of carbonyl (C=O) groups is 1. The first-order chi connectivity index (χ1) is 11.6. The zero-order valence-corrected chi connectivity index (χ0v) is 13.8. The minimum Gasteiger partial charge on any atom is -0.370 e. The first-order valence-electron chi connectivity index (χ1n) is 8.30. The molecule has 1 amide bonds. The lowest BCUT2D eigenvalue weighted by atomic mass is 10.1. The second-order valence-electron chi connectivity index (χ2n) is 6.10. The Balaban J connectivity index is 1.63. The molecule has 0 radical (unpaired) electrons. The lowest BCUT2D eigenvalue weighted by Crippen LogP contribution is -2.35. The van der Waals surface area contributed by atoms with E-state index in [4.69, 9.17) is 0 Å². The Morgan fingerprint density at radius 1 is 1.25 bits per heavy atom. The fourth-order valence-corrected chi connectivity index (χ4v) is 2.94. The average Bonchev–Trinajstić information content (AvgIpc) is 3.12. The van der Waals surface area contributed by atoms with Gasteiger partial charge in [-0.25, -0.2) is 4.68 Å². The molecule has 1 atom stereocenters. The first-order valence-corrected chi connectivity index (χ1v) is 8.30. The van der Waals surface area contributed by atoms with Crippen LogP contribution in [0.15, 0.2) is 47.4 Å². The molecular weight excluding hydrogens is 304 g/mol. The quantitative estimate of drug-likeness (QED) is 0.908. The summed E-state index contributed by atoms with van der Waals surface area (Å²) in [6, 6.07) is 11.2. The van der Waals surface area contributed by atoms with Crippen LogP contribution in [0.25, 0.3) is 0 Å². The van der Waals surface area contributed by atoms with Gasteiger partial charge in [-0.2, -0.15) is 5.10 Å². The fourth-order valence-electron chi connectivity index (χ4n) is 2.94. The maximum absolute atomic E-state index is 12.2. The number of hydrogen-bond acceptors (Lipinski definition) is 4. The summed E-state index contributed by atoms with van der Waals surface area (Å²) in [4.78, 5) is 26.5. The van der Waals surface area contributed by atoms with E-state index >= 15 is 0 Å². The first kappa shape index (κ1) is 16.2. The Labute approximate surface area is 141 Å². The molecule has 1 aliphatic rings. The van der Waals surface area contributed by atoms with E-state index in [0.717, 1.165) is 37.2 Å². The second-order valence-corrected chi connectivity index (χ2v) is 6.10. The van der Waals surface area contributed by atoms with E-state index in [1.165, 1.54) is 4.68 Å². The standard InChI is InChI=1S/C18H22N4O2/c1-14(15-7-3-2-4-8-15)20-17(23)13-22-18(24)11-16(12-19-22)21-9-5-6-10-21/h2-4,7-8,11-12,14H,5-6,9-10,13H2,1H3,(H,20,23). The minimum atomic E-state index is -0.248. The number of nitrogens with zero attached hydrogens (tertiary/aromatic N) is 3. The summed E-state index contributed by atoms with van der Waals surface area (Å²) in [6.07, 6.45) is 3.95. The van der Waals surface area contributed by atoms with E-state index < -0.39 is 0 Å². The second kappa shape index (κ2) is 7.29. The molecule has 1 aromatic carbocycles. The average molecular weight is 326 g/mol. The highest BCUT2D eigenvalue weighted by atomic mass is 16.2. The van der Waals surface area contributed by atoms with E-state index in [1.807, 2.05) is 37.3 Å². The smallest absolute Gasteiger partial charge is 0.269 e. The van der Waals surface area contributed by atoms with Gasteiger partial charge in [0.25, 0.3) is 5.56 Å². The molecule has 6 nitrogen and oxygen atoms in total. The summed E-state index contributed by atoms with van der Waals surface area (Å²) in [7, 11) is 0. The van der Waals surface area contributed by atoms with Crippen LogP contribution in [-0.4, -0.2) is 28.8 Å². The molecule has 2 heterocycles. The Bertz CT molecular complexity index is 751. The minimum absolute atomic E-state index is 0.0731. The summed E-state index contributed by atoms with van der Waals surface area (Å²) in [5.74, 6) is -0.227. The van der Waals surface area contributed by atoms with Crippen LogP contribution in [0.1, 0.15) is 31.4 Å². The van der Waals surface area contributed by atoms with Gasteiger partial charge in [0.1, 0.15) is 6.54 Å². The molecule has 0 bridgehead atoms. The third kappa shape index (κ3) is 3.82. The third-order valence-corrected chi connectivity index (χ3v) is 4.30. The molecule has 3 rings (SSSR count). The van der Waals surface area contributed by atoms with Crippen molar-refractivity contribution in [3.63, 3.8) is 0 Å². The fraction of sp³-hybridized carbons (Fsp3) is 0.389. The van der Waals surface area contributed by atoms with Crippen LogP contribution in [0.5, 0.6) is 0 Å². The molecular formula is C18H22N4O2. The lowest BCUT2D eigenvalue weighted by molar-refractivity contribution is -0.122. The van der Waals surface area contributed by atoms with E-state index in [-0.39, 0.29) is 24.1 Å². The van der Waals surface area contributed by atoms with Crippen LogP contribution in [-0.2, 0) is 11.3 Å². The van der Waals surface area contributed by atoms with Crippen LogP contribution in [0.4, 0.5) is 5.69 Å². The van der Waals surface area contributed by atoms with E-state index in [2.05, 4.69) is 15.3 Å². The molecule has 0 spiro atoms. The number of benzene rings is 1. The van der Waals surface area contributed by atoms with Gasteiger partial charge in [0, 0.05) is 19.2 Å². The molecule has 2 aromatic rings. The molecule has 0 saturated carbocycles. The predicted molar refractivity (Wildman–Crippen MR) is 92.9 cm³/mol. The molecule has 1 N–H and O–H groups in total. The van der Waals surface area contributed by atoms with Crippen LogP contribution >= 0.6 is 0 Å². The van der Waals surface area contributed by atoms with Crippen LogP contribution < -0.4 is 15.8 Å². The van der Waals surface area contributed by atoms with Crippen molar-refractivity contribution in [2.45, 2.75) is 32.4 Å². The van der Waals surface area contributed by atoms with E-state index in [0.29, 0.717) is 0 Å². The molecule has 1 aromatic heterocycles. The van der Waals surface area contributed by atoms with Gasteiger partial charge in [-0.15, -0.1) is 0 Å². The summed E-state index contributed by atoms with van der Waals surface area (Å²) < 4.78 is 1.20. The topological polar surface area (TPSA) is 67.2 Å². The summed E-state index contributed by atoms with van der Waals surface area (Å²) in [5.41, 5.74) is 1.62. The highest BCUT2D eigenvalue weighted by molar-refractivity contribution is 5.76.